The summed E-state index contributed by atoms with van der Waals surface area (Å²) in [6.45, 7) is 0.320. The Bertz CT molecular complexity index is 691. The van der Waals surface area contributed by atoms with Crippen molar-refractivity contribution in [2.24, 2.45) is 0 Å². The Morgan fingerprint density at radius 3 is 2.69 bits per heavy atom. The SMILES string of the molecule is CS(=O)(=O)N(CC(=O)NCCCSC1CCCCC1)c1cccc(Cl)c1. The molecule has 0 unspecified atom stereocenters. The second-order valence-electron chi connectivity index (χ2n) is 6.58. The molecule has 8 heteroatoms. The Morgan fingerprint density at radius 1 is 1.31 bits per heavy atom. The number of nitrogens with zero attached hydrogens (tertiary/aromatic N) is 1. The molecule has 0 heterocycles. The number of rotatable bonds is 9. The van der Waals surface area contributed by atoms with Crippen LogP contribution in [0.5, 0.6) is 0 Å². The molecule has 2 rings (SSSR count). The summed E-state index contributed by atoms with van der Waals surface area (Å²) in [6.07, 6.45) is 8.61. The van der Waals surface area contributed by atoms with Crippen LogP contribution in [0.15, 0.2) is 24.3 Å². The van der Waals surface area contributed by atoms with Crippen molar-refractivity contribution in [3.05, 3.63) is 29.3 Å². The van der Waals surface area contributed by atoms with Crippen LogP contribution in [0.1, 0.15) is 38.5 Å². The van der Waals surface area contributed by atoms with Gasteiger partial charge in [-0.25, -0.2) is 8.42 Å². The van der Waals surface area contributed by atoms with E-state index in [1.807, 2.05) is 11.8 Å². The summed E-state index contributed by atoms with van der Waals surface area (Å²) in [6, 6.07) is 6.49. The van der Waals surface area contributed by atoms with Gasteiger partial charge in [0.25, 0.3) is 0 Å². The Kier molecular flexibility index (Phi) is 8.57. The number of nitrogens with one attached hydrogen (secondary N) is 1. The lowest BCUT2D eigenvalue weighted by Gasteiger charge is -2.22. The Morgan fingerprint density at radius 2 is 2.04 bits per heavy atom. The molecular formula is C18H27ClN2O3S2. The summed E-state index contributed by atoms with van der Waals surface area (Å²) >= 11 is 7.93. The molecule has 1 aliphatic rings. The van der Waals surface area contributed by atoms with Crippen LogP contribution in [0.25, 0.3) is 0 Å². The van der Waals surface area contributed by atoms with Crippen LogP contribution in [0, 0.1) is 0 Å². The summed E-state index contributed by atoms with van der Waals surface area (Å²) in [5.41, 5.74) is 0.392. The van der Waals surface area contributed by atoms with Gasteiger partial charge in [-0.1, -0.05) is 36.9 Å². The molecule has 0 spiro atoms. The van der Waals surface area contributed by atoms with Crippen LogP contribution < -0.4 is 9.62 Å². The number of halogens is 1. The highest BCUT2D eigenvalue weighted by molar-refractivity contribution is 7.99. The maximum atomic E-state index is 12.2. The molecule has 1 N–H and O–H groups in total. The molecule has 1 aromatic rings. The fourth-order valence-electron chi connectivity index (χ4n) is 3.00. The average Bonchev–Trinajstić information content (AvgIpc) is 2.59. The van der Waals surface area contributed by atoms with E-state index < -0.39 is 10.0 Å². The maximum absolute atomic E-state index is 12.2. The summed E-state index contributed by atoms with van der Waals surface area (Å²) < 4.78 is 25.1. The molecule has 0 bridgehead atoms. The van der Waals surface area contributed by atoms with Crippen molar-refractivity contribution < 1.29 is 13.2 Å². The number of hydrogen-bond acceptors (Lipinski definition) is 4. The second-order valence-corrected chi connectivity index (χ2v) is 10.3. The van der Waals surface area contributed by atoms with E-state index in [1.54, 1.807) is 18.2 Å². The van der Waals surface area contributed by atoms with Gasteiger partial charge in [-0.2, -0.15) is 11.8 Å². The van der Waals surface area contributed by atoms with Gasteiger partial charge in [0.1, 0.15) is 6.54 Å². The number of sulfonamides is 1. The normalized spacial score (nSPS) is 15.6. The smallest absolute Gasteiger partial charge is 0.240 e. The minimum Gasteiger partial charge on any atom is -0.354 e. The monoisotopic (exact) mass is 418 g/mol. The third-order valence-electron chi connectivity index (χ3n) is 4.33. The molecule has 1 aromatic carbocycles. The van der Waals surface area contributed by atoms with Crippen LogP contribution >= 0.6 is 23.4 Å². The lowest BCUT2D eigenvalue weighted by molar-refractivity contribution is -0.119. The van der Waals surface area contributed by atoms with Gasteiger partial charge in [-0.3, -0.25) is 9.10 Å². The molecule has 1 amide bonds. The van der Waals surface area contributed by atoms with Crippen LogP contribution in [0.2, 0.25) is 5.02 Å². The molecule has 0 atom stereocenters. The van der Waals surface area contributed by atoms with Gasteiger partial charge in [0.05, 0.1) is 11.9 Å². The van der Waals surface area contributed by atoms with E-state index in [4.69, 9.17) is 11.6 Å². The minimum atomic E-state index is -3.57. The quantitative estimate of drug-likeness (QED) is 0.621. The zero-order valence-electron chi connectivity index (χ0n) is 15.1. The predicted molar refractivity (Wildman–Crippen MR) is 111 cm³/mol. The molecule has 0 aliphatic heterocycles. The first-order chi connectivity index (χ1) is 12.4. The summed E-state index contributed by atoms with van der Waals surface area (Å²) in [5.74, 6) is 0.716. The van der Waals surface area contributed by atoms with Gasteiger partial charge >= 0.3 is 0 Å². The minimum absolute atomic E-state index is 0.241. The summed E-state index contributed by atoms with van der Waals surface area (Å²) in [5, 5.41) is 4.01. The van der Waals surface area contributed by atoms with Crippen LogP contribution in [-0.2, 0) is 14.8 Å². The molecule has 26 heavy (non-hydrogen) atoms. The molecule has 5 nitrogen and oxygen atoms in total. The van der Waals surface area contributed by atoms with Crippen molar-refractivity contribution in [2.75, 3.05) is 29.4 Å². The topological polar surface area (TPSA) is 66.5 Å². The first-order valence-corrected chi connectivity index (χ1v) is 12.3. The average molecular weight is 419 g/mol. The van der Waals surface area contributed by atoms with Crippen LogP contribution in [0.3, 0.4) is 0 Å². The van der Waals surface area contributed by atoms with Gasteiger partial charge in [-0.05, 0) is 43.2 Å². The van der Waals surface area contributed by atoms with Gasteiger partial charge in [0.2, 0.25) is 15.9 Å². The van der Waals surface area contributed by atoms with Gasteiger partial charge < -0.3 is 5.32 Å². The first-order valence-electron chi connectivity index (χ1n) is 8.98. The lowest BCUT2D eigenvalue weighted by Crippen LogP contribution is -2.40. The lowest BCUT2D eigenvalue weighted by atomic mass is 10.0. The standard InChI is InChI=1S/C18H27ClN2O3S2/c1-26(23,24)21(16-8-5-7-15(19)13-16)14-18(22)20-11-6-12-25-17-9-3-2-4-10-17/h5,7-8,13,17H,2-4,6,9-12,14H2,1H3,(H,20,22). The van der Waals surface area contributed by atoms with E-state index in [9.17, 15) is 13.2 Å². The van der Waals surface area contributed by atoms with E-state index in [1.165, 1.54) is 38.2 Å². The Labute approximate surface area is 165 Å². The van der Waals surface area contributed by atoms with Gasteiger partial charge in [-0.15, -0.1) is 0 Å². The summed E-state index contributed by atoms with van der Waals surface area (Å²) in [7, 11) is -3.57. The van der Waals surface area contributed by atoms with E-state index in [0.717, 1.165) is 28.0 Å². The van der Waals surface area contributed by atoms with Gasteiger partial charge in [0.15, 0.2) is 0 Å². The Balaban J connectivity index is 1.76. The van der Waals surface area contributed by atoms with Crippen molar-refractivity contribution in [2.45, 2.75) is 43.8 Å². The molecule has 0 radical (unpaired) electrons. The number of amides is 1. The molecule has 1 fully saturated rings. The zero-order chi connectivity index (χ0) is 19.0. The van der Waals surface area contributed by atoms with E-state index >= 15 is 0 Å². The highest BCUT2D eigenvalue weighted by atomic mass is 35.5. The fraction of sp³-hybridized carbons (Fsp3) is 0.611. The molecule has 146 valence electrons. The second kappa shape index (κ2) is 10.4. The molecule has 1 aliphatic carbocycles. The highest BCUT2D eigenvalue weighted by Gasteiger charge is 2.21. The van der Waals surface area contributed by atoms with Crippen molar-refractivity contribution in [3.63, 3.8) is 0 Å². The molecule has 1 saturated carbocycles. The number of hydrogen-bond donors (Lipinski definition) is 1. The summed E-state index contributed by atoms with van der Waals surface area (Å²) in [4.78, 5) is 12.2. The largest absolute Gasteiger partial charge is 0.354 e. The van der Waals surface area contributed by atoms with Crippen molar-refractivity contribution in [3.8, 4) is 0 Å². The molecular weight excluding hydrogens is 392 g/mol. The maximum Gasteiger partial charge on any atom is 0.240 e. The van der Waals surface area contributed by atoms with E-state index in [2.05, 4.69) is 5.32 Å². The predicted octanol–water partition coefficient (Wildman–Crippen LogP) is 3.68. The van der Waals surface area contributed by atoms with Crippen molar-refractivity contribution in [1.29, 1.82) is 0 Å². The number of anilines is 1. The number of thioether (sulfide) groups is 1. The van der Waals surface area contributed by atoms with Crippen LogP contribution in [-0.4, -0.2) is 44.7 Å². The zero-order valence-corrected chi connectivity index (χ0v) is 17.5. The number of carbonyl (C=O) groups is 1. The third kappa shape index (κ3) is 7.37. The third-order valence-corrected chi connectivity index (χ3v) is 7.18. The highest BCUT2D eigenvalue weighted by Crippen LogP contribution is 2.28. The molecule has 0 saturated heterocycles. The number of carbonyl (C=O) groups excluding carboxylic acids is 1. The first kappa shape index (κ1) is 21.4. The van der Waals surface area contributed by atoms with Crippen molar-refractivity contribution >= 4 is 45.0 Å². The van der Waals surface area contributed by atoms with E-state index in [-0.39, 0.29) is 12.5 Å². The van der Waals surface area contributed by atoms with Gasteiger partial charge in [0, 0.05) is 16.8 Å². The van der Waals surface area contributed by atoms with Crippen LogP contribution in [0.4, 0.5) is 5.69 Å². The number of benzene rings is 1. The van der Waals surface area contributed by atoms with E-state index in [0.29, 0.717) is 17.3 Å². The fourth-order valence-corrected chi connectivity index (χ4v) is 5.34. The van der Waals surface area contributed by atoms with Crippen molar-refractivity contribution in [1.82, 2.24) is 5.32 Å². The Hall–Kier alpha value is -0.920. The molecule has 0 aromatic heterocycles.